The number of hydrogen-bond donors (Lipinski definition) is 1. The first-order chi connectivity index (χ1) is 6.70. The SMILES string of the molecule is O=S(O)c1ccc(Cl)c2ccccc12. The average Bonchev–Trinajstić information content (AvgIpc) is 2.18. The molecule has 0 saturated carbocycles. The van der Waals surface area contributed by atoms with Gasteiger partial charge in [0.25, 0.3) is 0 Å². The molecule has 1 N–H and O–H groups in total. The van der Waals surface area contributed by atoms with E-state index in [4.69, 9.17) is 16.2 Å². The molecule has 0 amide bonds. The van der Waals surface area contributed by atoms with E-state index in [0.717, 1.165) is 10.8 Å². The van der Waals surface area contributed by atoms with Crippen LogP contribution in [0, 0.1) is 0 Å². The summed E-state index contributed by atoms with van der Waals surface area (Å²) in [5, 5.41) is 2.12. The Kier molecular flexibility index (Phi) is 2.54. The second-order valence-corrected chi connectivity index (χ2v) is 4.19. The van der Waals surface area contributed by atoms with Crippen LogP contribution in [0.4, 0.5) is 0 Å². The van der Waals surface area contributed by atoms with Gasteiger partial charge < -0.3 is 4.55 Å². The molecule has 14 heavy (non-hydrogen) atoms. The van der Waals surface area contributed by atoms with Gasteiger partial charge in [0, 0.05) is 15.8 Å². The molecule has 4 heteroatoms. The first-order valence-corrected chi connectivity index (χ1v) is 5.47. The third-order valence-electron chi connectivity index (χ3n) is 2.02. The van der Waals surface area contributed by atoms with Gasteiger partial charge in [-0.05, 0) is 12.1 Å². The standard InChI is InChI=1S/C10H7ClO2S/c11-9-5-6-10(14(12)13)8-4-2-1-3-7(8)9/h1-6H,(H,12,13). The molecule has 72 valence electrons. The number of fused-ring (bicyclic) bond motifs is 1. The van der Waals surface area contributed by atoms with E-state index >= 15 is 0 Å². The zero-order valence-electron chi connectivity index (χ0n) is 7.11. The molecule has 0 saturated heterocycles. The van der Waals surface area contributed by atoms with Gasteiger partial charge in [-0.15, -0.1) is 0 Å². The summed E-state index contributed by atoms with van der Waals surface area (Å²) in [4.78, 5) is 0.394. The minimum Gasteiger partial charge on any atom is -0.302 e. The molecule has 2 aromatic carbocycles. The van der Waals surface area contributed by atoms with Crippen LogP contribution in [0.15, 0.2) is 41.3 Å². The van der Waals surface area contributed by atoms with Crippen molar-refractivity contribution >= 4 is 33.5 Å². The Bertz CT molecular complexity index is 510. The number of halogens is 1. The quantitative estimate of drug-likeness (QED) is 0.759. The van der Waals surface area contributed by atoms with Gasteiger partial charge in [0.2, 0.25) is 0 Å². The van der Waals surface area contributed by atoms with Gasteiger partial charge in [-0.2, -0.15) is 0 Å². The van der Waals surface area contributed by atoms with Gasteiger partial charge in [-0.3, -0.25) is 0 Å². The van der Waals surface area contributed by atoms with Crippen LogP contribution in [0.3, 0.4) is 0 Å². The Balaban J connectivity index is 2.88. The van der Waals surface area contributed by atoms with Crippen molar-refractivity contribution in [3.8, 4) is 0 Å². The zero-order valence-corrected chi connectivity index (χ0v) is 8.68. The fourth-order valence-corrected chi connectivity index (χ4v) is 2.17. The van der Waals surface area contributed by atoms with E-state index in [1.54, 1.807) is 18.2 Å². The zero-order chi connectivity index (χ0) is 10.1. The Hall–Kier alpha value is -0.900. The van der Waals surface area contributed by atoms with Crippen molar-refractivity contribution in [3.63, 3.8) is 0 Å². The second kappa shape index (κ2) is 3.69. The highest BCUT2D eigenvalue weighted by Gasteiger charge is 2.07. The van der Waals surface area contributed by atoms with Crippen molar-refractivity contribution in [3.05, 3.63) is 41.4 Å². The third-order valence-corrected chi connectivity index (χ3v) is 3.08. The van der Waals surface area contributed by atoms with Gasteiger partial charge in [0.05, 0.1) is 4.90 Å². The predicted octanol–water partition coefficient (Wildman–Crippen LogP) is 3.07. The molecule has 0 radical (unpaired) electrons. The number of benzene rings is 2. The van der Waals surface area contributed by atoms with E-state index in [1.165, 1.54) is 0 Å². The molecular formula is C10H7ClO2S. The molecule has 0 spiro atoms. The molecule has 0 bridgehead atoms. The molecule has 0 aromatic heterocycles. The van der Waals surface area contributed by atoms with Crippen molar-refractivity contribution in [1.82, 2.24) is 0 Å². The summed E-state index contributed by atoms with van der Waals surface area (Å²) in [7, 11) is 0. The van der Waals surface area contributed by atoms with E-state index in [-0.39, 0.29) is 0 Å². The number of hydrogen-bond acceptors (Lipinski definition) is 1. The Labute approximate surface area is 88.8 Å². The van der Waals surface area contributed by atoms with Crippen LogP contribution < -0.4 is 0 Å². The van der Waals surface area contributed by atoms with Crippen molar-refractivity contribution in [1.29, 1.82) is 0 Å². The van der Waals surface area contributed by atoms with E-state index < -0.39 is 11.1 Å². The highest BCUT2D eigenvalue weighted by molar-refractivity contribution is 7.79. The molecule has 0 aliphatic rings. The van der Waals surface area contributed by atoms with Crippen molar-refractivity contribution in [2.24, 2.45) is 0 Å². The van der Waals surface area contributed by atoms with Crippen LogP contribution in [0.1, 0.15) is 0 Å². The fraction of sp³-hybridized carbons (Fsp3) is 0. The summed E-state index contributed by atoms with van der Waals surface area (Å²) in [6.07, 6.45) is 0. The van der Waals surface area contributed by atoms with E-state index in [0.29, 0.717) is 9.92 Å². The lowest BCUT2D eigenvalue weighted by Gasteiger charge is -2.03. The normalized spacial score (nSPS) is 13.0. The first kappa shape index (κ1) is 9.65. The maximum Gasteiger partial charge on any atom is 0.187 e. The highest BCUT2D eigenvalue weighted by atomic mass is 35.5. The first-order valence-electron chi connectivity index (χ1n) is 3.98. The Morgan fingerprint density at radius 1 is 1.07 bits per heavy atom. The molecule has 2 nitrogen and oxygen atoms in total. The summed E-state index contributed by atoms with van der Waals surface area (Å²) in [6.45, 7) is 0. The number of rotatable bonds is 1. The van der Waals surface area contributed by atoms with E-state index in [1.807, 2.05) is 18.2 Å². The summed E-state index contributed by atoms with van der Waals surface area (Å²) in [5.74, 6) is 0. The average molecular weight is 227 g/mol. The van der Waals surface area contributed by atoms with Gasteiger partial charge in [-0.25, -0.2) is 4.21 Å². The van der Waals surface area contributed by atoms with Crippen LogP contribution >= 0.6 is 11.6 Å². The lowest BCUT2D eigenvalue weighted by Crippen LogP contribution is -1.89. The van der Waals surface area contributed by atoms with E-state index in [9.17, 15) is 4.21 Å². The molecule has 0 aliphatic carbocycles. The predicted molar refractivity (Wildman–Crippen MR) is 58.0 cm³/mol. The summed E-state index contributed by atoms with van der Waals surface area (Å²) < 4.78 is 20.0. The molecule has 1 unspecified atom stereocenters. The maximum atomic E-state index is 11.0. The van der Waals surface area contributed by atoms with Gasteiger partial charge in [0.1, 0.15) is 0 Å². The molecule has 2 aromatic rings. The van der Waals surface area contributed by atoms with Crippen LogP contribution in [0.25, 0.3) is 10.8 Å². The van der Waals surface area contributed by atoms with Crippen molar-refractivity contribution in [2.75, 3.05) is 0 Å². The van der Waals surface area contributed by atoms with Crippen LogP contribution in [-0.2, 0) is 11.1 Å². The van der Waals surface area contributed by atoms with Crippen molar-refractivity contribution < 1.29 is 8.76 Å². The van der Waals surface area contributed by atoms with Crippen LogP contribution in [0.2, 0.25) is 5.02 Å². The minimum atomic E-state index is -1.97. The lowest BCUT2D eigenvalue weighted by molar-refractivity contribution is 0.565. The maximum absolute atomic E-state index is 11.0. The van der Waals surface area contributed by atoms with Gasteiger partial charge >= 0.3 is 0 Å². The monoisotopic (exact) mass is 226 g/mol. The highest BCUT2D eigenvalue weighted by Crippen LogP contribution is 2.27. The minimum absolute atomic E-state index is 0.394. The molecule has 0 heterocycles. The van der Waals surface area contributed by atoms with Gasteiger partial charge in [-0.1, -0.05) is 35.9 Å². The molecule has 0 aliphatic heterocycles. The summed E-state index contributed by atoms with van der Waals surface area (Å²) in [6, 6.07) is 10.5. The summed E-state index contributed by atoms with van der Waals surface area (Å²) in [5.41, 5.74) is 0. The smallest absolute Gasteiger partial charge is 0.187 e. The largest absolute Gasteiger partial charge is 0.302 e. The Morgan fingerprint density at radius 2 is 1.71 bits per heavy atom. The molecule has 0 fully saturated rings. The van der Waals surface area contributed by atoms with E-state index in [2.05, 4.69) is 0 Å². The third kappa shape index (κ3) is 1.54. The van der Waals surface area contributed by atoms with Gasteiger partial charge in [0.15, 0.2) is 11.1 Å². The van der Waals surface area contributed by atoms with Crippen molar-refractivity contribution in [2.45, 2.75) is 4.90 Å². The Morgan fingerprint density at radius 3 is 2.36 bits per heavy atom. The lowest BCUT2D eigenvalue weighted by atomic mass is 10.1. The topological polar surface area (TPSA) is 37.3 Å². The molecule has 2 rings (SSSR count). The second-order valence-electron chi connectivity index (χ2n) is 2.84. The molecular weight excluding hydrogens is 220 g/mol. The molecule has 1 atom stereocenters. The van der Waals surface area contributed by atoms with Crippen LogP contribution in [-0.4, -0.2) is 8.76 Å². The summed E-state index contributed by atoms with van der Waals surface area (Å²) >= 11 is 3.98. The fourth-order valence-electron chi connectivity index (χ4n) is 1.39. The van der Waals surface area contributed by atoms with Crippen LogP contribution in [0.5, 0.6) is 0 Å².